The third-order valence-electron chi connectivity index (χ3n) is 5.31. The Morgan fingerprint density at radius 2 is 2.03 bits per heavy atom. The second-order valence-electron chi connectivity index (χ2n) is 7.30. The van der Waals surface area contributed by atoms with E-state index >= 15 is 0 Å². The number of hydrogen-bond donors (Lipinski definition) is 2. The molecule has 2 heterocycles. The third kappa shape index (κ3) is 3.63. The highest BCUT2D eigenvalue weighted by atomic mass is 32.1. The van der Waals surface area contributed by atoms with Gasteiger partial charge in [0.15, 0.2) is 5.13 Å². The van der Waals surface area contributed by atoms with Gasteiger partial charge in [0, 0.05) is 17.6 Å². The second kappa shape index (κ2) is 7.57. The third-order valence-corrected chi connectivity index (χ3v) is 6.26. The van der Waals surface area contributed by atoms with E-state index in [9.17, 15) is 9.50 Å². The molecule has 1 fully saturated rings. The maximum absolute atomic E-state index is 14.0. The number of fused-ring (bicyclic) bond motifs is 2. The summed E-state index contributed by atoms with van der Waals surface area (Å²) in [5, 5.41) is 15.0. The monoisotopic (exact) mass is 409 g/mol. The van der Waals surface area contributed by atoms with E-state index in [1.54, 1.807) is 24.4 Å². The zero-order chi connectivity index (χ0) is 19.8. The van der Waals surface area contributed by atoms with Crippen LogP contribution in [0.3, 0.4) is 0 Å². The Balaban J connectivity index is 1.41. The average molecular weight is 409 g/mol. The fourth-order valence-corrected chi connectivity index (χ4v) is 4.75. The molecule has 2 N–H and O–H groups in total. The first-order valence-electron chi connectivity index (χ1n) is 9.74. The number of nitrogens with zero attached hydrogens (tertiary/aromatic N) is 2. The van der Waals surface area contributed by atoms with Gasteiger partial charge in [-0.2, -0.15) is 0 Å². The Morgan fingerprint density at radius 3 is 2.93 bits per heavy atom. The molecule has 0 saturated heterocycles. The number of halogens is 1. The zero-order valence-electron chi connectivity index (χ0n) is 15.6. The highest BCUT2D eigenvalue weighted by Gasteiger charge is 2.23. The standard InChI is InChI=1S/C22H20FN3O2S/c23-15-5-3-4-14-19(10-11-24-21(14)15)28-13-8-9-17-20(12-13)29-22(26-17)25-16-6-1-2-7-18(16)27/h3-5,8-12,16,18,27H,1-2,6-7H2,(H,25,26)/t16-,18-/m1/s1. The average Bonchev–Trinajstić information content (AvgIpc) is 3.12. The van der Waals surface area contributed by atoms with Crippen LogP contribution < -0.4 is 10.1 Å². The van der Waals surface area contributed by atoms with Gasteiger partial charge in [0.25, 0.3) is 0 Å². The molecular formula is C22H20FN3O2S. The van der Waals surface area contributed by atoms with Crippen molar-refractivity contribution in [1.82, 2.24) is 9.97 Å². The van der Waals surface area contributed by atoms with E-state index in [4.69, 9.17) is 4.74 Å². The van der Waals surface area contributed by atoms with Crippen molar-refractivity contribution in [3.05, 3.63) is 54.5 Å². The number of benzene rings is 2. The number of hydrogen-bond acceptors (Lipinski definition) is 6. The maximum Gasteiger partial charge on any atom is 0.184 e. The van der Waals surface area contributed by atoms with Crippen LogP contribution in [0.25, 0.3) is 21.1 Å². The van der Waals surface area contributed by atoms with E-state index in [-0.39, 0.29) is 18.0 Å². The van der Waals surface area contributed by atoms with Crippen LogP contribution in [0.15, 0.2) is 48.7 Å². The summed E-state index contributed by atoms with van der Waals surface area (Å²) >= 11 is 1.54. The lowest BCUT2D eigenvalue weighted by Gasteiger charge is -2.27. The summed E-state index contributed by atoms with van der Waals surface area (Å²) in [6.45, 7) is 0. The molecular weight excluding hydrogens is 389 g/mol. The van der Waals surface area contributed by atoms with Crippen LogP contribution in [-0.2, 0) is 0 Å². The maximum atomic E-state index is 14.0. The molecule has 0 unspecified atom stereocenters. The van der Waals surface area contributed by atoms with Crippen LogP contribution in [0.1, 0.15) is 25.7 Å². The Hall–Kier alpha value is -2.77. The first kappa shape index (κ1) is 18.3. The first-order chi connectivity index (χ1) is 14.2. The largest absolute Gasteiger partial charge is 0.457 e. The number of thiazole rings is 1. The molecule has 1 saturated carbocycles. The van der Waals surface area contributed by atoms with Gasteiger partial charge in [0.1, 0.15) is 22.8 Å². The predicted molar refractivity (Wildman–Crippen MR) is 113 cm³/mol. The van der Waals surface area contributed by atoms with E-state index in [0.29, 0.717) is 22.4 Å². The number of aliphatic hydroxyl groups excluding tert-OH is 1. The second-order valence-corrected chi connectivity index (χ2v) is 8.33. The lowest BCUT2D eigenvalue weighted by molar-refractivity contribution is 0.116. The van der Waals surface area contributed by atoms with Gasteiger partial charge in [-0.25, -0.2) is 9.37 Å². The van der Waals surface area contributed by atoms with Crippen LogP contribution in [0.5, 0.6) is 11.5 Å². The summed E-state index contributed by atoms with van der Waals surface area (Å²) in [5.41, 5.74) is 1.17. The molecule has 1 aliphatic carbocycles. The molecule has 2 aromatic carbocycles. The Morgan fingerprint density at radius 1 is 1.14 bits per heavy atom. The molecule has 4 aromatic rings. The van der Waals surface area contributed by atoms with Crippen molar-refractivity contribution < 1.29 is 14.2 Å². The number of ether oxygens (including phenoxy) is 1. The molecule has 5 rings (SSSR count). The zero-order valence-corrected chi connectivity index (χ0v) is 16.5. The number of para-hydroxylation sites is 1. The molecule has 2 aromatic heterocycles. The lowest BCUT2D eigenvalue weighted by atomic mass is 9.93. The number of aliphatic hydroxyl groups is 1. The lowest BCUT2D eigenvalue weighted by Crippen LogP contribution is -2.36. The summed E-state index contributed by atoms with van der Waals surface area (Å²) in [4.78, 5) is 8.74. The minimum atomic E-state index is -0.369. The molecule has 1 aliphatic rings. The molecule has 0 radical (unpaired) electrons. The number of rotatable bonds is 4. The number of aromatic nitrogens is 2. The van der Waals surface area contributed by atoms with Gasteiger partial charge >= 0.3 is 0 Å². The molecule has 148 valence electrons. The van der Waals surface area contributed by atoms with Gasteiger partial charge in [0.05, 0.1) is 22.4 Å². The van der Waals surface area contributed by atoms with Crippen molar-refractivity contribution in [2.24, 2.45) is 0 Å². The Bertz CT molecular complexity index is 1180. The first-order valence-corrected chi connectivity index (χ1v) is 10.6. The van der Waals surface area contributed by atoms with Crippen LogP contribution in [0.2, 0.25) is 0 Å². The fourth-order valence-electron chi connectivity index (χ4n) is 3.80. The highest BCUT2D eigenvalue weighted by Crippen LogP contribution is 2.34. The summed E-state index contributed by atoms with van der Waals surface area (Å²) in [7, 11) is 0. The van der Waals surface area contributed by atoms with Crippen LogP contribution in [0.4, 0.5) is 9.52 Å². The number of anilines is 1. The van der Waals surface area contributed by atoms with E-state index in [0.717, 1.165) is 41.0 Å². The summed E-state index contributed by atoms with van der Waals surface area (Å²) in [5.74, 6) is 0.843. The van der Waals surface area contributed by atoms with Gasteiger partial charge in [-0.1, -0.05) is 30.2 Å². The molecule has 0 spiro atoms. The number of pyridine rings is 1. The van der Waals surface area contributed by atoms with Gasteiger partial charge < -0.3 is 15.2 Å². The smallest absolute Gasteiger partial charge is 0.184 e. The van der Waals surface area contributed by atoms with Crippen molar-refractivity contribution in [2.75, 3.05) is 5.32 Å². The molecule has 0 aliphatic heterocycles. The predicted octanol–water partition coefficient (Wildman–Crippen LogP) is 5.49. The SMILES string of the molecule is O[C@@H]1CCCC[C@H]1Nc1nc2ccc(Oc3ccnc4c(F)cccc34)cc2s1. The van der Waals surface area contributed by atoms with Crippen LogP contribution >= 0.6 is 11.3 Å². The van der Waals surface area contributed by atoms with E-state index in [1.165, 1.54) is 17.4 Å². The van der Waals surface area contributed by atoms with E-state index in [1.807, 2.05) is 18.2 Å². The molecule has 0 bridgehead atoms. The van der Waals surface area contributed by atoms with Gasteiger partial charge in [-0.15, -0.1) is 0 Å². The summed E-state index contributed by atoms with van der Waals surface area (Å²) < 4.78 is 21.0. The van der Waals surface area contributed by atoms with Gasteiger partial charge in [-0.3, -0.25) is 4.98 Å². The van der Waals surface area contributed by atoms with Crippen molar-refractivity contribution in [1.29, 1.82) is 0 Å². The molecule has 0 amide bonds. The van der Waals surface area contributed by atoms with Crippen molar-refractivity contribution in [2.45, 2.75) is 37.8 Å². The van der Waals surface area contributed by atoms with Crippen molar-refractivity contribution in [3.63, 3.8) is 0 Å². The molecule has 5 nitrogen and oxygen atoms in total. The quantitative estimate of drug-likeness (QED) is 0.466. The number of nitrogens with one attached hydrogen (secondary N) is 1. The van der Waals surface area contributed by atoms with E-state index in [2.05, 4.69) is 15.3 Å². The molecule has 29 heavy (non-hydrogen) atoms. The van der Waals surface area contributed by atoms with Crippen LogP contribution in [0, 0.1) is 5.82 Å². The van der Waals surface area contributed by atoms with Crippen molar-refractivity contribution in [3.8, 4) is 11.5 Å². The molecule has 7 heteroatoms. The summed E-state index contributed by atoms with van der Waals surface area (Å²) in [6.07, 6.45) is 5.21. The minimum absolute atomic E-state index is 0.0538. The highest BCUT2D eigenvalue weighted by molar-refractivity contribution is 7.22. The van der Waals surface area contributed by atoms with Gasteiger partial charge in [-0.05, 0) is 43.2 Å². The fraction of sp³-hybridized carbons (Fsp3) is 0.273. The molecule has 2 atom stereocenters. The van der Waals surface area contributed by atoms with Crippen molar-refractivity contribution >= 4 is 37.6 Å². The van der Waals surface area contributed by atoms with Crippen LogP contribution in [-0.4, -0.2) is 27.2 Å². The summed E-state index contributed by atoms with van der Waals surface area (Å²) in [6, 6.07) is 12.3. The minimum Gasteiger partial charge on any atom is -0.457 e. The van der Waals surface area contributed by atoms with Gasteiger partial charge in [0.2, 0.25) is 0 Å². The van der Waals surface area contributed by atoms with E-state index < -0.39 is 0 Å². The topological polar surface area (TPSA) is 67.3 Å². The Labute approximate surface area is 171 Å². The normalized spacial score (nSPS) is 19.5. The Kier molecular flexibility index (Phi) is 4.77.